The Kier molecular flexibility index (Phi) is 8.44. The Morgan fingerprint density at radius 1 is 0.909 bits per heavy atom. The summed E-state index contributed by atoms with van der Waals surface area (Å²) in [7, 11) is 0. The molecule has 0 aromatic carbocycles. The summed E-state index contributed by atoms with van der Waals surface area (Å²) in [5.74, 6) is -3.54. The fourth-order valence-corrected chi connectivity index (χ4v) is 0.270. The molecule has 6 nitrogen and oxygen atoms in total. The molecule has 0 saturated carbocycles. The zero-order valence-corrected chi connectivity index (χ0v) is 12.0. The Morgan fingerprint density at radius 3 is 1.18 bits per heavy atom. The molecule has 0 aliphatic rings. The summed E-state index contributed by atoms with van der Waals surface area (Å²) >= 11 is 0. The number of aliphatic hydroxyl groups excluding tert-OH is 2. The Bertz CT molecular complexity index is 139. The number of carbonyl (C=O) groups is 2. The van der Waals surface area contributed by atoms with Gasteiger partial charge in [0.1, 0.15) is 0 Å². The van der Waals surface area contributed by atoms with Gasteiger partial charge in [-0.25, -0.2) is 9.59 Å². The third-order valence-electron chi connectivity index (χ3n) is 0.805. The third kappa shape index (κ3) is 5.20. The van der Waals surface area contributed by atoms with Crippen molar-refractivity contribution in [3.63, 3.8) is 0 Å². The van der Waals surface area contributed by atoms with Crippen LogP contribution < -0.4 is 68.9 Å². The SMILES string of the molecule is O=C(O)C(O)C(O)C(=O)O.[Cs+]. The molecule has 58 valence electrons. The molecule has 7 heteroatoms. The first-order valence-electron chi connectivity index (χ1n) is 2.28. The normalized spacial score (nSPS) is 14.4. The van der Waals surface area contributed by atoms with Crippen molar-refractivity contribution < 1.29 is 98.9 Å². The molecule has 0 heterocycles. The largest absolute Gasteiger partial charge is 1.00 e. The van der Waals surface area contributed by atoms with Gasteiger partial charge in [0.15, 0.2) is 12.2 Å². The maximum absolute atomic E-state index is 9.77. The van der Waals surface area contributed by atoms with E-state index in [-0.39, 0.29) is 68.9 Å². The van der Waals surface area contributed by atoms with Gasteiger partial charge in [-0.05, 0) is 0 Å². The van der Waals surface area contributed by atoms with Crippen molar-refractivity contribution in [3.8, 4) is 0 Å². The molecule has 0 aliphatic heterocycles. The zero-order valence-electron chi connectivity index (χ0n) is 5.76. The van der Waals surface area contributed by atoms with Crippen LogP contribution in [0.2, 0.25) is 0 Å². The van der Waals surface area contributed by atoms with Crippen molar-refractivity contribution in [1.29, 1.82) is 0 Å². The molecule has 0 aliphatic carbocycles. The van der Waals surface area contributed by atoms with E-state index in [1.807, 2.05) is 0 Å². The standard InChI is InChI=1S/C4H6O6.Cs/c5-1(3(7)8)2(6)4(9)10;/h1-2,5-6H,(H,7,8)(H,9,10);/q;+1. The van der Waals surface area contributed by atoms with Crippen LogP contribution in [-0.4, -0.2) is 44.6 Å². The van der Waals surface area contributed by atoms with E-state index in [0.29, 0.717) is 0 Å². The predicted molar refractivity (Wildman–Crippen MR) is 27.3 cm³/mol. The maximum Gasteiger partial charge on any atom is 1.00 e. The van der Waals surface area contributed by atoms with Crippen molar-refractivity contribution in [1.82, 2.24) is 0 Å². The number of carboxylic acid groups (broad SMARTS) is 2. The molecular formula is C4H6CsO6+. The third-order valence-corrected chi connectivity index (χ3v) is 0.805. The van der Waals surface area contributed by atoms with Gasteiger partial charge in [-0.3, -0.25) is 0 Å². The van der Waals surface area contributed by atoms with Crippen molar-refractivity contribution in [3.05, 3.63) is 0 Å². The Balaban J connectivity index is 0. The summed E-state index contributed by atoms with van der Waals surface area (Å²) in [6.07, 6.45) is -4.53. The second kappa shape index (κ2) is 6.43. The number of rotatable bonds is 3. The van der Waals surface area contributed by atoms with Gasteiger partial charge in [-0.1, -0.05) is 0 Å². The summed E-state index contributed by atoms with van der Waals surface area (Å²) in [4.78, 5) is 19.5. The van der Waals surface area contributed by atoms with E-state index >= 15 is 0 Å². The minimum atomic E-state index is -2.27. The minimum absolute atomic E-state index is 0. The molecule has 0 spiro atoms. The van der Waals surface area contributed by atoms with Gasteiger partial charge in [-0.15, -0.1) is 0 Å². The molecule has 0 bridgehead atoms. The first kappa shape index (κ1) is 14.4. The van der Waals surface area contributed by atoms with Crippen LogP contribution in [0.25, 0.3) is 0 Å². The molecule has 0 saturated heterocycles. The summed E-state index contributed by atoms with van der Waals surface area (Å²) in [5.41, 5.74) is 0. The number of carboxylic acids is 2. The van der Waals surface area contributed by atoms with E-state index in [9.17, 15) is 9.59 Å². The smallest absolute Gasteiger partial charge is 0.479 e. The van der Waals surface area contributed by atoms with Crippen molar-refractivity contribution >= 4 is 11.9 Å². The van der Waals surface area contributed by atoms with Crippen molar-refractivity contribution in [2.45, 2.75) is 12.2 Å². The molecule has 0 rings (SSSR count). The first-order valence-corrected chi connectivity index (χ1v) is 2.28. The molecule has 4 N–H and O–H groups in total. The average molecular weight is 283 g/mol. The van der Waals surface area contributed by atoms with E-state index in [4.69, 9.17) is 20.4 Å². The van der Waals surface area contributed by atoms with E-state index in [2.05, 4.69) is 0 Å². The molecule has 0 fully saturated rings. The first-order chi connectivity index (χ1) is 4.46. The number of hydrogen-bond donors (Lipinski definition) is 4. The minimum Gasteiger partial charge on any atom is -0.479 e. The molecule has 0 radical (unpaired) electrons. The second-order valence-electron chi connectivity index (χ2n) is 1.57. The van der Waals surface area contributed by atoms with Gasteiger partial charge in [0, 0.05) is 0 Å². The van der Waals surface area contributed by atoms with Crippen LogP contribution >= 0.6 is 0 Å². The van der Waals surface area contributed by atoms with E-state index in [1.165, 1.54) is 0 Å². The van der Waals surface area contributed by atoms with E-state index in [0.717, 1.165) is 0 Å². The topological polar surface area (TPSA) is 115 Å². The van der Waals surface area contributed by atoms with Gasteiger partial charge < -0.3 is 20.4 Å². The Morgan fingerprint density at radius 2 is 1.09 bits per heavy atom. The molecule has 0 aromatic rings. The van der Waals surface area contributed by atoms with Crippen LogP contribution in [0.4, 0.5) is 0 Å². The Hall–Kier alpha value is 0.912. The van der Waals surface area contributed by atoms with E-state index < -0.39 is 24.1 Å². The van der Waals surface area contributed by atoms with Crippen molar-refractivity contribution in [2.24, 2.45) is 0 Å². The number of aliphatic hydroxyl groups is 2. The number of hydrogen-bond acceptors (Lipinski definition) is 4. The monoisotopic (exact) mass is 283 g/mol. The molecular weight excluding hydrogens is 277 g/mol. The zero-order chi connectivity index (χ0) is 8.31. The summed E-state index contributed by atoms with van der Waals surface area (Å²) in [6.45, 7) is 0. The van der Waals surface area contributed by atoms with Crippen molar-refractivity contribution in [2.75, 3.05) is 0 Å². The van der Waals surface area contributed by atoms with Gasteiger partial charge in [0.05, 0.1) is 0 Å². The fourth-order valence-electron chi connectivity index (χ4n) is 0.270. The fraction of sp³-hybridized carbons (Fsp3) is 0.500. The summed E-state index contributed by atoms with van der Waals surface area (Å²) < 4.78 is 0. The van der Waals surface area contributed by atoms with Gasteiger partial charge in [0.25, 0.3) is 0 Å². The van der Waals surface area contributed by atoms with Crippen LogP contribution in [0.5, 0.6) is 0 Å². The van der Waals surface area contributed by atoms with Gasteiger partial charge >= 0.3 is 80.8 Å². The van der Waals surface area contributed by atoms with Crippen LogP contribution in [0.1, 0.15) is 0 Å². The summed E-state index contributed by atoms with van der Waals surface area (Å²) in [6, 6.07) is 0. The average Bonchev–Trinajstić information content (AvgIpc) is 1.84. The molecule has 2 unspecified atom stereocenters. The van der Waals surface area contributed by atoms with Gasteiger partial charge in [0.2, 0.25) is 0 Å². The second-order valence-corrected chi connectivity index (χ2v) is 1.57. The molecule has 0 aromatic heterocycles. The van der Waals surface area contributed by atoms with Gasteiger partial charge in [-0.2, -0.15) is 0 Å². The molecule has 11 heavy (non-hydrogen) atoms. The molecule has 0 amide bonds. The van der Waals surface area contributed by atoms with Crippen LogP contribution in [0, 0.1) is 0 Å². The number of aliphatic carboxylic acids is 2. The van der Waals surface area contributed by atoms with E-state index in [1.54, 1.807) is 0 Å². The summed E-state index contributed by atoms with van der Waals surface area (Å²) in [5, 5.41) is 32.5. The Labute approximate surface area is 121 Å². The quantitative estimate of drug-likeness (QED) is 0.412. The van der Waals surface area contributed by atoms with Crippen LogP contribution in [-0.2, 0) is 9.59 Å². The maximum atomic E-state index is 9.77. The molecule has 2 atom stereocenters. The predicted octanol–water partition coefficient (Wildman–Crippen LogP) is -5.12. The van der Waals surface area contributed by atoms with Crippen LogP contribution in [0.15, 0.2) is 0 Å². The van der Waals surface area contributed by atoms with Crippen LogP contribution in [0.3, 0.4) is 0 Å².